The highest BCUT2D eigenvalue weighted by atomic mass is 32.2. The van der Waals surface area contributed by atoms with Gasteiger partial charge in [-0.2, -0.15) is 0 Å². The molecular weight excluding hydrogens is 325 g/mol. The summed E-state index contributed by atoms with van der Waals surface area (Å²) in [6, 6.07) is 12.2. The molecule has 5 heteroatoms. The highest BCUT2D eigenvalue weighted by Crippen LogP contribution is 2.26. The molecule has 1 N–H and O–H groups in total. The molecule has 0 unspecified atom stereocenters. The van der Waals surface area contributed by atoms with Crippen LogP contribution in [0.3, 0.4) is 0 Å². The van der Waals surface area contributed by atoms with E-state index in [2.05, 4.69) is 4.72 Å². The fraction of sp³-hybridized carbons (Fsp3) is 0.368. The molecule has 2 aromatic carbocycles. The molecule has 0 heterocycles. The van der Waals surface area contributed by atoms with Crippen LogP contribution in [0.25, 0.3) is 0 Å². The van der Waals surface area contributed by atoms with Crippen LogP contribution in [0, 0.1) is 12.7 Å². The van der Waals surface area contributed by atoms with Crippen molar-refractivity contribution in [3.63, 3.8) is 0 Å². The van der Waals surface area contributed by atoms with Gasteiger partial charge in [-0.3, -0.25) is 0 Å². The van der Waals surface area contributed by atoms with Crippen LogP contribution in [0.15, 0.2) is 42.5 Å². The van der Waals surface area contributed by atoms with Gasteiger partial charge in [0.05, 0.1) is 6.04 Å². The van der Waals surface area contributed by atoms with E-state index in [4.69, 9.17) is 4.74 Å². The maximum absolute atomic E-state index is 13.3. The predicted octanol–water partition coefficient (Wildman–Crippen LogP) is 5.04. The SMILES string of the molecule is Cc1cc(Oc2ccc([C@H](C)N[S@@+]([O-])C(C)(C)C)cc2)ccc1F. The number of hydrogen-bond acceptors (Lipinski definition) is 3. The van der Waals surface area contributed by atoms with Gasteiger partial charge in [-0.15, -0.1) is 4.72 Å². The fourth-order valence-electron chi connectivity index (χ4n) is 2.05. The highest BCUT2D eigenvalue weighted by molar-refractivity contribution is 7.90. The lowest BCUT2D eigenvalue weighted by atomic mass is 10.1. The Morgan fingerprint density at radius 3 is 2.21 bits per heavy atom. The van der Waals surface area contributed by atoms with E-state index in [1.54, 1.807) is 19.1 Å². The zero-order chi connectivity index (χ0) is 17.9. The number of hydrogen-bond donors (Lipinski definition) is 1. The minimum atomic E-state index is -1.13. The standard InChI is InChI=1S/C19H24FNO2S/c1-13-12-17(10-11-18(13)20)23-16-8-6-15(7-9-16)14(2)21-24(22)19(3,4)5/h6-12,14,21H,1-5H3/t14-,24-/m0/s1. The Hall–Kier alpha value is -1.56. The molecule has 0 spiro atoms. The van der Waals surface area contributed by atoms with Gasteiger partial charge in [-0.1, -0.05) is 12.1 Å². The largest absolute Gasteiger partial charge is 0.598 e. The van der Waals surface area contributed by atoms with E-state index in [1.807, 2.05) is 52.0 Å². The quantitative estimate of drug-likeness (QED) is 0.769. The van der Waals surface area contributed by atoms with Crippen LogP contribution in [-0.2, 0) is 11.4 Å². The molecule has 0 bridgehead atoms. The summed E-state index contributed by atoms with van der Waals surface area (Å²) in [6.07, 6.45) is 0. The Balaban J connectivity index is 2.03. The molecule has 24 heavy (non-hydrogen) atoms. The summed E-state index contributed by atoms with van der Waals surface area (Å²) in [7, 11) is 0. The lowest BCUT2D eigenvalue weighted by molar-refractivity contribution is 0.479. The van der Waals surface area contributed by atoms with Crippen LogP contribution in [0.4, 0.5) is 4.39 Å². The van der Waals surface area contributed by atoms with Gasteiger partial charge < -0.3 is 9.29 Å². The Bertz CT molecular complexity index is 683. The number of ether oxygens (including phenoxy) is 1. The van der Waals surface area contributed by atoms with Crippen LogP contribution in [0.5, 0.6) is 11.5 Å². The van der Waals surface area contributed by atoms with E-state index in [0.29, 0.717) is 17.1 Å². The van der Waals surface area contributed by atoms with Crippen molar-refractivity contribution in [3.05, 3.63) is 59.4 Å². The maximum atomic E-state index is 13.3. The van der Waals surface area contributed by atoms with Gasteiger partial charge in [0.2, 0.25) is 0 Å². The smallest absolute Gasteiger partial charge is 0.136 e. The minimum Gasteiger partial charge on any atom is -0.598 e. The fourth-order valence-corrected chi connectivity index (χ4v) is 2.86. The van der Waals surface area contributed by atoms with Gasteiger partial charge in [0.25, 0.3) is 0 Å². The number of benzene rings is 2. The second kappa shape index (κ2) is 7.55. The zero-order valence-corrected chi connectivity index (χ0v) is 15.5. The second-order valence-corrected chi connectivity index (χ2v) is 8.80. The Morgan fingerprint density at radius 2 is 1.67 bits per heavy atom. The molecule has 0 aliphatic rings. The molecule has 0 radical (unpaired) electrons. The molecular formula is C19H24FNO2S. The first-order valence-electron chi connectivity index (χ1n) is 7.89. The van der Waals surface area contributed by atoms with Crippen molar-refractivity contribution in [1.82, 2.24) is 4.72 Å². The lowest BCUT2D eigenvalue weighted by Gasteiger charge is -2.26. The lowest BCUT2D eigenvalue weighted by Crippen LogP contribution is -2.40. The number of rotatable bonds is 5. The average Bonchev–Trinajstić information content (AvgIpc) is 2.50. The van der Waals surface area contributed by atoms with Crippen molar-refractivity contribution in [2.45, 2.75) is 45.4 Å². The Labute approximate surface area is 146 Å². The topological polar surface area (TPSA) is 44.3 Å². The van der Waals surface area contributed by atoms with Crippen molar-refractivity contribution in [2.75, 3.05) is 0 Å². The summed E-state index contributed by atoms with van der Waals surface area (Å²) in [4.78, 5) is 0. The number of aryl methyl sites for hydroxylation is 1. The monoisotopic (exact) mass is 349 g/mol. The molecule has 3 nitrogen and oxygen atoms in total. The van der Waals surface area contributed by atoms with E-state index in [0.717, 1.165) is 5.56 Å². The molecule has 0 saturated heterocycles. The summed E-state index contributed by atoms with van der Waals surface area (Å²) in [6.45, 7) is 9.48. The molecule has 2 aromatic rings. The normalized spacial score (nSPS) is 14.3. The third kappa shape index (κ3) is 4.97. The average molecular weight is 349 g/mol. The molecule has 0 aliphatic heterocycles. The molecule has 0 saturated carbocycles. The van der Waals surface area contributed by atoms with Crippen LogP contribution in [-0.4, -0.2) is 9.30 Å². The summed E-state index contributed by atoms with van der Waals surface area (Å²) in [5.74, 6) is 1.03. The first-order valence-corrected chi connectivity index (χ1v) is 9.04. The first-order chi connectivity index (χ1) is 11.2. The van der Waals surface area contributed by atoms with Crippen LogP contribution >= 0.6 is 0 Å². The molecule has 0 aromatic heterocycles. The minimum absolute atomic E-state index is 0.0350. The van der Waals surface area contributed by atoms with Crippen molar-refractivity contribution < 1.29 is 13.7 Å². The third-order valence-electron chi connectivity index (χ3n) is 3.59. The van der Waals surface area contributed by atoms with E-state index in [-0.39, 0.29) is 16.6 Å². The Kier molecular flexibility index (Phi) is 5.91. The van der Waals surface area contributed by atoms with Crippen molar-refractivity contribution >= 4 is 11.4 Å². The van der Waals surface area contributed by atoms with E-state index < -0.39 is 11.4 Å². The zero-order valence-electron chi connectivity index (χ0n) is 14.7. The van der Waals surface area contributed by atoms with Crippen molar-refractivity contribution in [2.24, 2.45) is 0 Å². The molecule has 2 rings (SSSR count). The molecule has 0 fully saturated rings. The van der Waals surface area contributed by atoms with Gasteiger partial charge in [0.15, 0.2) is 0 Å². The first kappa shape index (κ1) is 18.8. The van der Waals surface area contributed by atoms with Crippen molar-refractivity contribution in [1.29, 1.82) is 0 Å². The molecule has 0 aliphatic carbocycles. The van der Waals surface area contributed by atoms with E-state index >= 15 is 0 Å². The highest BCUT2D eigenvalue weighted by Gasteiger charge is 2.28. The van der Waals surface area contributed by atoms with E-state index in [1.165, 1.54) is 6.07 Å². The second-order valence-electron chi connectivity index (χ2n) is 6.80. The summed E-state index contributed by atoms with van der Waals surface area (Å²) >= 11 is -1.13. The van der Waals surface area contributed by atoms with Crippen molar-refractivity contribution in [3.8, 4) is 11.5 Å². The predicted molar refractivity (Wildman–Crippen MR) is 97.1 cm³/mol. The Morgan fingerprint density at radius 1 is 1.08 bits per heavy atom. The van der Waals surface area contributed by atoms with Crippen LogP contribution in [0.2, 0.25) is 0 Å². The van der Waals surface area contributed by atoms with E-state index in [9.17, 15) is 8.94 Å². The summed E-state index contributed by atoms with van der Waals surface area (Å²) in [5.41, 5.74) is 1.57. The van der Waals surface area contributed by atoms with Gasteiger partial charge in [-0.05, 0) is 76.1 Å². The third-order valence-corrected chi connectivity index (χ3v) is 5.27. The van der Waals surface area contributed by atoms with Gasteiger partial charge in [0.1, 0.15) is 22.1 Å². The summed E-state index contributed by atoms with van der Waals surface area (Å²) < 4.78 is 34.0. The molecule has 2 atom stereocenters. The number of nitrogens with one attached hydrogen (secondary N) is 1. The van der Waals surface area contributed by atoms with Gasteiger partial charge in [-0.25, -0.2) is 4.39 Å². The number of halogens is 1. The summed E-state index contributed by atoms with van der Waals surface area (Å²) in [5, 5.41) is 0. The van der Waals surface area contributed by atoms with Crippen LogP contribution < -0.4 is 9.46 Å². The van der Waals surface area contributed by atoms with Gasteiger partial charge >= 0.3 is 0 Å². The molecule has 130 valence electrons. The van der Waals surface area contributed by atoms with Crippen LogP contribution in [0.1, 0.15) is 44.9 Å². The van der Waals surface area contributed by atoms with Gasteiger partial charge in [0, 0.05) is 11.4 Å². The maximum Gasteiger partial charge on any atom is 0.136 e. The molecule has 0 amide bonds.